The largest absolute Gasteiger partial charge is 0.436 e. The first kappa shape index (κ1) is 24.6. The second-order valence-corrected chi connectivity index (χ2v) is 7.90. The first-order valence-electron chi connectivity index (χ1n) is 11.1. The smallest absolute Gasteiger partial charge is 0.222 e. The van der Waals surface area contributed by atoms with E-state index in [0.29, 0.717) is 38.5 Å². The zero-order valence-electron chi connectivity index (χ0n) is 19.3. The van der Waals surface area contributed by atoms with Gasteiger partial charge in [-0.15, -0.1) is 6.58 Å². The molecule has 3 aromatic rings. The van der Waals surface area contributed by atoms with Crippen molar-refractivity contribution in [1.29, 1.82) is 0 Å². The van der Waals surface area contributed by atoms with Crippen molar-refractivity contribution in [3.63, 3.8) is 0 Å². The van der Waals surface area contributed by atoms with E-state index in [1.807, 2.05) is 30.3 Å². The van der Waals surface area contributed by atoms with Gasteiger partial charge < -0.3 is 14.6 Å². The molecule has 0 aliphatic heterocycles. The molecule has 1 aromatic heterocycles. The van der Waals surface area contributed by atoms with E-state index in [0.717, 1.165) is 23.2 Å². The number of aliphatic hydroxyl groups excluding tert-OH is 1. The van der Waals surface area contributed by atoms with Crippen molar-refractivity contribution in [2.24, 2.45) is 7.05 Å². The average molecular weight is 454 g/mol. The lowest BCUT2D eigenvalue weighted by molar-refractivity contribution is 0.0806. The van der Waals surface area contributed by atoms with Crippen molar-refractivity contribution in [2.75, 3.05) is 26.8 Å². The molecule has 2 aromatic carbocycles. The number of aromatic nitrogens is 2. The molecule has 33 heavy (non-hydrogen) atoms. The van der Waals surface area contributed by atoms with Gasteiger partial charge in [-0.3, -0.25) is 4.90 Å². The minimum Gasteiger partial charge on any atom is -0.436 e. The van der Waals surface area contributed by atoms with Gasteiger partial charge in [0.15, 0.2) is 11.6 Å². The number of para-hydroxylation sites is 1. The first-order chi connectivity index (χ1) is 16.0. The van der Waals surface area contributed by atoms with Gasteiger partial charge in [0.05, 0.1) is 18.3 Å². The summed E-state index contributed by atoms with van der Waals surface area (Å²) in [7, 11) is 3.43. The maximum atomic E-state index is 14.4. The molecule has 0 saturated heterocycles. The van der Waals surface area contributed by atoms with Gasteiger partial charge in [-0.25, -0.2) is 9.07 Å². The Morgan fingerprint density at radius 2 is 1.91 bits per heavy atom. The Bertz CT molecular complexity index is 1020. The fourth-order valence-electron chi connectivity index (χ4n) is 3.66. The Balaban J connectivity index is 1.98. The lowest BCUT2D eigenvalue weighted by Gasteiger charge is -2.25. The number of methoxy groups -OCH3 is 1. The van der Waals surface area contributed by atoms with E-state index in [4.69, 9.17) is 14.6 Å². The summed E-state index contributed by atoms with van der Waals surface area (Å²) in [5, 5.41) is 15.2. The molecule has 0 unspecified atom stereocenters. The van der Waals surface area contributed by atoms with Crippen LogP contribution in [0.15, 0.2) is 67.3 Å². The number of nitrogens with zero attached hydrogens (tertiary/aromatic N) is 3. The molecule has 7 heteroatoms. The van der Waals surface area contributed by atoms with Crippen LogP contribution in [0.5, 0.6) is 11.6 Å². The predicted molar refractivity (Wildman–Crippen MR) is 128 cm³/mol. The summed E-state index contributed by atoms with van der Waals surface area (Å²) in [5.74, 6) is 0.153. The summed E-state index contributed by atoms with van der Waals surface area (Å²) in [6.45, 7) is 5.77. The molecule has 1 N–H and O–H groups in total. The van der Waals surface area contributed by atoms with Crippen molar-refractivity contribution in [3.8, 4) is 22.9 Å². The zero-order valence-corrected chi connectivity index (χ0v) is 19.3. The van der Waals surface area contributed by atoms with Gasteiger partial charge in [0.25, 0.3) is 0 Å². The fraction of sp³-hybridized carbons (Fsp3) is 0.346. The van der Waals surface area contributed by atoms with Gasteiger partial charge in [0.2, 0.25) is 5.88 Å². The lowest BCUT2D eigenvalue weighted by atomic mass is 10.1. The van der Waals surface area contributed by atoms with Crippen LogP contribution in [-0.4, -0.2) is 52.7 Å². The number of aryl methyl sites for hydroxylation is 1. The Morgan fingerprint density at radius 3 is 2.61 bits per heavy atom. The van der Waals surface area contributed by atoms with Gasteiger partial charge in [0.1, 0.15) is 5.69 Å². The molecule has 0 saturated carbocycles. The second kappa shape index (κ2) is 12.3. The summed E-state index contributed by atoms with van der Waals surface area (Å²) in [6.07, 6.45) is 2.66. The summed E-state index contributed by atoms with van der Waals surface area (Å²) < 4.78 is 27.3. The number of hydrogen-bond acceptors (Lipinski definition) is 5. The average Bonchev–Trinajstić information content (AvgIpc) is 3.13. The van der Waals surface area contributed by atoms with Gasteiger partial charge in [0, 0.05) is 39.4 Å². The third kappa shape index (κ3) is 6.74. The molecular formula is C26H32FN3O3. The number of ether oxygens (including phenoxy) is 2. The molecular weight excluding hydrogens is 421 g/mol. The van der Waals surface area contributed by atoms with Gasteiger partial charge >= 0.3 is 0 Å². The van der Waals surface area contributed by atoms with Gasteiger partial charge in [-0.05, 0) is 25.0 Å². The summed E-state index contributed by atoms with van der Waals surface area (Å²) in [6, 6.07) is 16.1. The molecule has 0 bridgehead atoms. The highest BCUT2D eigenvalue weighted by Crippen LogP contribution is 2.35. The Hall–Kier alpha value is -3.00. The molecule has 1 atom stereocenters. The Kier molecular flexibility index (Phi) is 9.18. The third-order valence-electron chi connectivity index (χ3n) is 5.34. The van der Waals surface area contributed by atoms with Crippen molar-refractivity contribution >= 4 is 0 Å². The van der Waals surface area contributed by atoms with Crippen LogP contribution in [0.2, 0.25) is 0 Å². The highest BCUT2D eigenvalue weighted by atomic mass is 19.1. The molecule has 0 amide bonds. The van der Waals surface area contributed by atoms with E-state index in [2.05, 4.69) is 11.5 Å². The normalized spacial score (nSPS) is 12.2. The molecule has 6 nitrogen and oxygen atoms in total. The van der Waals surface area contributed by atoms with E-state index in [-0.39, 0.29) is 5.75 Å². The quantitative estimate of drug-likeness (QED) is 0.377. The monoisotopic (exact) mass is 453 g/mol. The van der Waals surface area contributed by atoms with Crippen molar-refractivity contribution in [3.05, 3.63) is 78.6 Å². The highest BCUT2D eigenvalue weighted by Gasteiger charge is 2.24. The van der Waals surface area contributed by atoms with E-state index < -0.39 is 11.9 Å². The van der Waals surface area contributed by atoms with Crippen LogP contribution < -0.4 is 4.74 Å². The maximum absolute atomic E-state index is 14.4. The molecule has 0 aliphatic carbocycles. The summed E-state index contributed by atoms with van der Waals surface area (Å²) in [5.41, 5.74) is 2.51. The van der Waals surface area contributed by atoms with Crippen LogP contribution in [0.1, 0.15) is 18.4 Å². The predicted octanol–water partition coefficient (Wildman–Crippen LogP) is 4.79. The van der Waals surface area contributed by atoms with Gasteiger partial charge in [-0.1, -0.05) is 48.5 Å². The number of hydrogen-bond donors (Lipinski definition) is 1. The van der Waals surface area contributed by atoms with Crippen LogP contribution in [0.25, 0.3) is 11.3 Å². The third-order valence-corrected chi connectivity index (χ3v) is 5.34. The standard InChI is InChI=1S/C26H32FN3O3/c1-4-5-13-21(31)18-30(16-17-32-3)19-22-25(20-11-7-6-8-12-20)28-29(2)26(22)33-24-15-10-9-14-23(24)27/h4,6-12,14-15,21,31H,1,5,13,16-19H2,2-3H3/t21-/m0/s1. The molecule has 0 fully saturated rings. The van der Waals surface area contributed by atoms with E-state index >= 15 is 0 Å². The highest BCUT2D eigenvalue weighted by molar-refractivity contribution is 5.65. The summed E-state index contributed by atoms with van der Waals surface area (Å²) in [4.78, 5) is 2.11. The first-order valence-corrected chi connectivity index (χ1v) is 11.1. The van der Waals surface area contributed by atoms with E-state index in [1.54, 1.807) is 43.1 Å². The van der Waals surface area contributed by atoms with E-state index in [9.17, 15) is 9.50 Å². The number of benzene rings is 2. The molecule has 176 valence electrons. The molecule has 0 aliphatic rings. The lowest BCUT2D eigenvalue weighted by Crippen LogP contribution is -2.34. The Labute approximate surface area is 194 Å². The second-order valence-electron chi connectivity index (χ2n) is 7.90. The number of allylic oxidation sites excluding steroid dienone is 1. The fourth-order valence-corrected chi connectivity index (χ4v) is 3.66. The van der Waals surface area contributed by atoms with Crippen LogP contribution in [0.3, 0.4) is 0 Å². The SMILES string of the molecule is C=CCC[C@H](O)CN(CCOC)Cc1c(-c2ccccc2)nn(C)c1Oc1ccccc1F. The maximum Gasteiger partial charge on any atom is 0.222 e. The number of aliphatic hydroxyl groups is 1. The number of halogens is 1. The van der Waals surface area contributed by atoms with Crippen LogP contribution in [-0.2, 0) is 18.3 Å². The van der Waals surface area contributed by atoms with E-state index in [1.165, 1.54) is 6.07 Å². The Morgan fingerprint density at radius 1 is 1.18 bits per heavy atom. The molecule has 1 heterocycles. The molecule has 3 rings (SSSR count). The van der Waals surface area contributed by atoms with Crippen LogP contribution >= 0.6 is 0 Å². The minimum absolute atomic E-state index is 0.135. The topological polar surface area (TPSA) is 59.8 Å². The van der Waals surface area contributed by atoms with Gasteiger partial charge in [-0.2, -0.15) is 5.10 Å². The zero-order chi connectivity index (χ0) is 23.6. The summed E-state index contributed by atoms with van der Waals surface area (Å²) >= 11 is 0. The number of rotatable bonds is 13. The molecule has 0 radical (unpaired) electrons. The van der Waals surface area contributed by atoms with Crippen molar-refractivity contribution in [1.82, 2.24) is 14.7 Å². The molecule has 0 spiro atoms. The van der Waals surface area contributed by atoms with Crippen LogP contribution in [0, 0.1) is 5.82 Å². The van der Waals surface area contributed by atoms with Crippen molar-refractivity contribution in [2.45, 2.75) is 25.5 Å². The van der Waals surface area contributed by atoms with Crippen LogP contribution in [0.4, 0.5) is 4.39 Å². The minimum atomic E-state index is -0.507. The van der Waals surface area contributed by atoms with Crippen molar-refractivity contribution < 1.29 is 19.0 Å².